The number of nitrogens with one attached hydrogen (secondary N) is 2. The van der Waals surface area contributed by atoms with Crippen molar-refractivity contribution in [2.24, 2.45) is 10.9 Å². The Kier molecular flexibility index (Phi) is 5.83. The quantitative estimate of drug-likeness (QED) is 0.639. The Morgan fingerprint density at radius 1 is 1.36 bits per heavy atom. The Labute approximate surface area is 133 Å². The first kappa shape index (κ1) is 16.8. The zero-order chi connectivity index (χ0) is 16.0. The molecule has 5 nitrogen and oxygen atoms in total. The number of aliphatic imine (C=N–C) groups is 1. The van der Waals surface area contributed by atoms with Gasteiger partial charge in [0.15, 0.2) is 15.8 Å². The molecular formula is C16H25N3O2S. The van der Waals surface area contributed by atoms with Gasteiger partial charge in [0.05, 0.1) is 17.5 Å². The van der Waals surface area contributed by atoms with E-state index in [9.17, 15) is 8.42 Å². The van der Waals surface area contributed by atoms with Crippen LogP contribution in [0.5, 0.6) is 0 Å². The molecule has 2 atom stereocenters. The van der Waals surface area contributed by atoms with E-state index in [1.54, 1.807) is 0 Å². The maximum Gasteiger partial charge on any atom is 0.191 e. The number of hydrogen-bond acceptors (Lipinski definition) is 3. The van der Waals surface area contributed by atoms with E-state index in [1.165, 1.54) is 5.56 Å². The molecule has 1 aliphatic heterocycles. The zero-order valence-electron chi connectivity index (χ0n) is 13.2. The number of sulfone groups is 1. The van der Waals surface area contributed by atoms with E-state index in [2.05, 4.69) is 34.7 Å². The summed E-state index contributed by atoms with van der Waals surface area (Å²) in [6.45, 7) is 5.43. The van der Waals surface area contributed by atoms with Crippen LogP contribution in [0.3, 0.4) is 0 Å². The van der Waals surface area contributed by atoms with Crippen molar-refractivity contribution in [3.8, 4) is 0 Å². The third kappa shape index (κ3) is 5.02. The molecule has 122 valence electrons. The Morgan fingerprint density at radius 2 is 2.09 bits per heavy atom. The van der Waals surface area contributed by atoms with Crippen LogP contribution in [0.15, 0.2) is 35.3 Å². The van der Waals surface area contributed by atoms with Gasteiger partial charge in [-0.05, 0) is 31.7 Å². The number of guanidine groups is 1. The van der Waals surface area contributed by atoms with Crippen LogP contribution >= 0.6 is 0 Å². The standard InChI is InChI=1S/C16H25N3O2S/c1-3-17-16(18-11-14-9-10-22(20,21)12-14)19-13(2)15-7-5-4-6-8-15/h4-8,13-14H,3,9-12H2,1-2H3,(H2,17,18,19). The van der Waals surface area contributed by atoms with Crippen molar-refractivity contribution in [3.63, 3.8) is 0 Å². The molecule has 0 bridgehead atoms. The lowest BCUT2D eigenvalue weighted by Crippen LogP contribution is -2.39. The predicted molar refractivity (Wildman–Crippen MR) is 90.7 cm³/mol. The molecule has 0 saturated carbocycles. The van der Waals surface area contributed by atoms with Gasteiger partial charge >= 0.3 is 0 Å². The molecule has 1 aromatic carbocycles. The maximum atomic E-state index is 11.5. The molecular weight excluding hydrogens is 298 g/mol. The number of benzene rings is 1. The van der Waals surface area contributed by atoms with Crippen LogP contribution in [0.4, 0.5) is 0 Å². The molecule has 6 heteroatoms. The summed E-state index contributed by atoms with van der Waals surface area (Å²) in [5.74, 6) is 1.46. The monoisotopic (exact) mass is 323 g/mol. The van der Waals surface area contributed by atoms with Crippen LogP contribution < -0.4 is 10.6 Å². The first-order chi connectivity index (χ1) is 10.5. The van der Waals surface area contributed by atoms with E-state index >= 15 is 0 Å². The molecule has 0 amide bonds. The van der Waals surface area contributed by atoms with E-state index < -0.39 is 9.84 Å². The van der Waals surface area contributed by atoms with Crippen molar-refractivity contribution < 1.29 is 8.42 Å². The second kappa shape index (κ2) is 7.63. The van der Waals surface area contributed by atoms with Crippen molar-refractivity contribution in [2.75, 3.05) is 24.6 Å². The smallest absolute Gasteiger partial charge is 0.191 e. The highest BCUT2D eigenvalue weighted by Crippen LogP contribution is 2.18. The summed E-state index contributed by atoms with van der Waals surface area (Å²) in [6.07, 6.45) is 0.722. The molecule has 1 aromatic rings. The second-order valence-electron chi connectivity index (χ2n) is 5.77. The molecule has 0 aliphatic carbocycles. The first-order valence-electron chi connectivity index (χ1n) is 7.80. The van der Waals surface area contributed by atoms with Gasteiger partial charge in [0.2, 0.25) is 0 Å². The summed E-state index contributed by atoms with van der Waals surface area (Å²) in [5.41, 5.74) is 1.19. The van der Waals surface area contributed by atoms with Gasteiger partial charge in [0.1, 0.15) is 0 Å². The van der Waals surface area contributed by atoms with E-state index in [-0.39, 0.29) is 17.7 Å². The van der Waals surface area contributed by atoms with E-state index in [4.69, 9.17) is 0 Å². The molecule has 0 spiro atoms. The van der Waals surface area contributed by atoms with Crippen LogP contribution in [0.25, 0.3) is 0 Å². The molecule has 22 heavy (non-hydrogen) atoms. The van der Waals surface area contributed by atoms with Crippen molar-refractivity contribution in [1.82, 2.24) is 10.6 Å². The molecule has 1 saturated heterocycles. The zero-order valence-corrected chi connectivity index (χ0v) is 14.1. The lowest BCUT2D eigenvalue weighted by molar-refractivity contribution is 0.587. The molecule has 1 aliphatic rings. The van der Waals surface area contributed by atoms with E-state index in [0.29, 0.717) is 12.3 Å². The van der Waals surface area contributed by atoms with Gasteiger partial charge in [0, 0.05) is 13.1 Å². The van der Waals surface area contributed by atoms with E-state index in [1.807, 2.05) is 25.1 Å². The van der Waals surface area contributed by atoms with Gasteiger partial charge in [0.25, 0.3) is 0 Å². The fraction of sp³-hybridized carbons (Fsp3) is 0.562. The molecule has 1 heterocycles. The van der Waals surface area contributed by atoms with Crippen LogP contribution in [0.2, 0.25) is 0 Å². The highest BCUT2D eigenvalue weighted by molar-refractivity contribution is 7.91. The minimum atomic E-state index is -2.83. The largest absolute Gasteiger partial charge is 0.357 e. The Morgan fingerprint density at radius 3 is 2.68 bits per heavy atom. The van der Waals surface area contributed by atoms with Crippen LogP contribution in [0.1, 0.15) is 31.9 Å². The number of hydrogen-bond donors (Lipinski definition) is 2. The van der Waals surface area contributed by atoms with Crippen molar-refractivity contribution in [1.29, 1.82) is 0 Å². The molecule has 1 fully saturated rings. The maximum absolute atomic E-state index is 11.5. The minimum Gasteiger partial charge on any atom is -0.357 e. The minimum absolute atomic E-state index is 0.145. The number of nitrogens with zero attached hydrogens (tertiary/aromatic N) is 1. The molecule has 2 rings (SSSR count). The van der Waals surface area contributed by atoms with Crippen molar-refractivity contribution in [3.05, 3.63) is 35.9 Å². The number of rotatable bonds is 5. The average Bonchev–Trinajstić information content (AvgIpc) is 2.85. The third-order valence-electron chi connectivity index (χ3n) is 3.83. The topological polar surface area (TPSA) is 70.6 Å². The Bertz CT molecular complexity index is 599. The second-order valence-corrected chi connectivity index (χ2v) is 7.99. The van der Waals surface area contributed by atoms with Crippen molar-refractivity contribution >= 4 is 15.8 Å². The first-order valence-corrected chi connectivity index (χ1v) is 9.62. The van der Waals surface area contributed by atoms with Gasteiger partial charge in [-0.25, -0.2) is 8.42 Å². The Balaban J connectivity index is 1.95. The van der Waals surface area contributed by atoms with Gasteiger partial charge in [-0.15, -0.1) is 0 Å². The summed E-state index contributed by atoms with van der Waals surface area (Å²) in [4.78, 5) is 4.56. The van der Waals surface area contributed by atoms with Crippen molar-refractivity contribution in [2.45, 2.75) is 26.3 Å². The fourth-order valence-electron chi connectivity index (χ4n) is 2.59. The molecule has 2 N–H and O–H groups in total. The van der Waals surface area contributed by atoms with Crippen LogP contribution in [0, 0.1) is 5.92 Å². The normalized spacial score (nSPS) is 22.3. The Hall–Kier alpha value is -1.56. The summed E-state index contributed by atoms with van der Waals surface area (Å²) in [7, 11) is -2.83. The van der Waals surface area contributed by atoms with Gasteiger partial charge in [-0.1, -0.05) is 30.3 Å². The van der Waals surface area contributed by atoms with Gasteiger partial charge < -0.3 is 10.6 Å². The fourth-order valence-corrected chi connectivity index (χ4v) is 4.44. The lowest BCUT2D eigenvalue weighted by atomic mass is 10.1. The summed E-state index contributed by atoms with van der Waals surface area (Å²) in [5, 5.41) is 6.59. The van der Waals surface area contributed by atoms with Crippen LogP contribution in [-0.4, -0.2) is 39.0 Å². The van der Waals surface area contributed by atoms with Gasteiger partial charge in [-0.2, -0.15) is 0 Å². The van der Waals surface area contributed by atoms with Crippen LogP contribution in [-0.2, 0) is 9.84 Å². The molecule has 0 radical (unpaired) electrons. The predicted octanol–water partition coefficient (Wildman–Crippen LogP) is 1.74. The molecule has 2 unspecified atom stereocenters. The summed E-state index contributed by atoms with van der Waals surface area (Å²) < 4.78 is 23.0. The highest BCUT2D eigenvalue weighted by atomic mass is 32.2. The summed E-state index contributed by atoms with van der Waals surface area (Å²) in [6, 6.07) is 10.3. The molecule has 0 aromatic heterocycles. The SMILES string of the molecule is CCNC(=NCC1CCS(=O)(=O)C1)NC(C)c1ccccc1. The highest BCUT2D eigenvalue weighted by Gasteiger charge is 2.27. The summed E-state index contributed by atoms with van der Waals surface area (Å²) >= 11 is 0. The third-order valence-corrected chi connectivity index (χ3v) is 5.67. The van der Waals surface area contributed by atoms with Gasteiger partial charge in [-0.3, -0.25) is 4.99 Å². The van der Waals surface area contributed by atoms with E-state index in [0.717, 1.165) is 18.9 Å². The average molecular weight is 323 g/mol. The lowest BCUT2D eigenvalue weighted by Gasteiger charge is -2.18.